The summed E-state index contributed by atoms with van der Waals surface area (Å²) >= 11 is 0. The van der Waals surface area contributed by atoms with E-state index >= 15 is 0 Å². The van der Waals surface area contributed by atoms with E-state index in [-0.39, 0.29) is 0 Å². The molecule has 0 amide bonds. The maximum absolute atomic E-state index is 3.70. The second kappa shape index (κ2) is 6.75. The van der Waals surface area contributed by atoms with Gasteiger partial charge in [0.2, 0.25) is 0 Å². The van der Waals surface area contributed by atoms with E-state index in [2.05, 4.69) is 24.1 Å². The Kier molecular flexibility index (Phi) is 5.30. The molecule has 1 unspecified atom stereocenters. The molecule has 1 saturated carbocycles. The van der Waals surface area contributed by atoms with Crippen LogP contribution in [0.5, 0.6) is 0 Å². The maximum Gasteiger partial charge on any atom is 0.0195 e. The van der Waals surface area contributed by atoms with Crippen molar-refractivity contribution in [3.8, 4) is 0 Å². The first kappa shape index (κ1) is 13.4. The SMILES string of the molecule is CC(C)N(CC1CCCCN1)C1CCCCC1. The Hall–Kier alpha value is -0.0800. The Morgan fingerprint density at radius 2 is 1.71 bits per heavy atom. The number of nitrogens with one attached hydrogen (secondary N) is 1. The molecule has 100 valence electrons. The number of nitrogens with zero attached hydrogens (tertiary/aromatic N) is 1. The highest BCUT2D eigenvalue weighted by Crippen LogP contribution is 2.25. The zero-order valence-corrected chi connectivity index (χ0v) is 11.8. The van der Waals surface area contributed by atoms with E-state index in [1.165, 1.54) is 64.5 Å². The lowest BCUT2D eigenvalue weighted by Gasteiger charge is -2.40. The van der Waals surface area contributed by atoms with Crippen LogP contribution in [0.2, 0.25) is 0 Å². The zero-order chi connectivity index (χ0) is 12.1. The Morgan fingerprint density at radius 1 is 1.00 bits per heavy atom. The van der Waals surface area contributed by atoms with Crippen LogP contribution >= 0.6 is 0 Å². The first-order chi connectivity index (χ1) is 8.27. The summed E-state index contributed by atoms with van der Waals surface area (Å²) in [5.41, 5.74) is 0. The molecule has 1 N–H and O–H groups in total. The van der Waals surface area contributed by atoms with Gasteiger partial charge in [-0.15, -0.1) is 0 Å². The molecule has 0 aromatic heterocycles. The minimum Gasteiger partial charge on any atom is -0.313 e. The number of rotatable bonds is 4. The largest absolute Gasteiger partial charge is 0.313 e. The third-order valence-corrected chi connectivity index (χ3v) is 4.55. The summed E-state index contributed by atoms with van der Waals surface area (Å²) in [7, 11) is 0. The van der Waals surface area contributed by atoms with Crippen molar-refractivity contribution in [2.24, 2.45) is 0 Å². The fourth-order valence-electron chi connectivity index (χ4n) is 3.53. The highest BCUT2D eigenvalue weighted by Gasteiger charge is 2.26. The Bertz CT molecular complexity index is 203. The molecule has 1 aliphatic carbocycles. The molecule has 17 heavy (non-hydrogen) atoms. The lowest BCUT2D eigenvalue weighted by Crippen LogP contribution is -2.50. The van der Waals surface area contributed by atoms with Crippen molar-refractivity contribution in [1.29, 1.82) is 0 Å². The first-order valence-electron chi connectivity index (χ1n) is 7.76. The molecule has 2 rings (SSSR count). The quantitative estimate of drug-likeness (QED) is 0.809. The summed E-state index contributed by atoms with van der Waals surface area (Å²) in [6, 6.07) is 2.34. The van der Waals surface area contributed by atoms with Crippen LogP contribution in [0, 0.1) is 0 Å². The van der Waals surface area contributed by atoms with E-state index < -0.39 is 0 Å². The third-order valence-electron chi connectivity index (χ3n) is 4.55. The minimum absolute atomic E-state index is 0.710. The summed E-state index contributed by atoms with van der Waals surface area (Å²) < 4.78 is 0. The van der Waals surface area contributed by atoms with Crippen LogP contribution in [0.4, 0.5) is 0 Å². The van der Waals surface area contributed by atoms with Crippen LogP contribution in [-0.4, -0.2) is 36.1 Å². The van der Waals surface area contributed by atoms with Gasteiger partial charge in [-0.2, -0.15) is 0 Å². The van der Waals surface area contributed by atoms with Gasteiger partial charge >= 0.3 is 0 Å². The lowest BCUT2D eigenvalue weighted by atomic mass is 9.92. The molecular weight excluding hydrogens is 208 g/mol. The van der Waals surface area contributed by atoms with Gasteiger partial charge < -0.3 is 5.32 Å². The van der Waals surface area contributed by atoms with Gasteiger partial charge in [-0.25, -0.2) is 0 Å². The highest BCUT2D eigenvalue weighted by molar-refractivity contribution is 4.83. The summed E-state index contributed by atoms with van der Waals surface area (Å²) in [4.78, 5) is 2.78. The molecule has 0 aromatic carbocycles. The average Bonchev–Trinajstić information content (AvgIpc) is 2.38. The van der Waals surface area contributed by atoms with Gasteiger partial charge in [0.25, 0.3) is 0 Å². The van der Waals surface area contributed by atoms with E-state index in [1.807, 2.05) is 0 Å². The lowest BCUT2D eigenvalue weighted by molar-refractivity contribution is 0.102. The molecule has 2 aliphatic rings. The highest BCUT2D eigenvalue weighted by atomic mass is 15.2. The number of hydrogen-bond acceptors (Lipinski definition) is 2. The Labute approximate surface area is 107 Å². The van der Waals surface area contributed by atoms with Crippen LogP contribution < -0.4 is 5.32 Å². The zero-order valence-electron chi connectivity index (χ0n) is 11.8. The molecule has 1 saturated heterocycles. The van der Waals surface area contributed by atoms with Crippen molar-refractivity contribution in [2.75, 3.05) is 13.1 Å². The van der Waals surface area contributed by atoms with Crippen molar-refractivity contribution >= 4 is 0 Å². The molecule has 1 heterocycles. The maximum atomic E-state index is 3.70. The van der Waals surface area contributed by atoms with Gasteiger partial charge in [-0.3, -0.25) is 4.90 Å². The first-order valence-corrected chi connectivity index (χ1v) is 7.76. The fourth-order valence-corrected chi connectivity index (χ4v) is 3.53. The smallest absolute Gasteiger partial charge is 0.0195 e. The summed E-state index contributed by atoms with van der Waals surface area (Å²) in [6.45, 7) is 7.26. The van der Waals surface area contributed by atoms with Crippen LogP contribution in [0.1, 0.15) is 65.2 Å². The number of hydrogen-bond donors (Lipinski definition) is 1. The van der Waals surface area contributed by atoms with Gasteiger partial charge in [-0.1, -0.05) is 25.7 Å². The number of piperidine rings is 1. The topological polar surface area (TPSA) is 15.3 Å². The molecule has 0 spiro atoms. The van der Waals surface area contributed by atoms with Crippen molar-refractivity contribution < 1.29 is 0 Å². The molecule has 2 heteroatoms. The fraction of sp³-hybridized carbons (Fsp3) is 1.00. The second-order valence-corrected chi connectivity index (χ2v) is 6.23. The summed E-state index contributed by atoms with van der Waals surface area (Å²) in [5, 5.41) is 3.70. The van der Waals surface area contributed by atoms with Gasteiger partial charge in [0, 0.05) is 24.7 Å². The summed E-state index contributed by atoms with van der Waals surface area (Å²) in [5.74, 6) is 0. The average molecular weight is 238 g/mol. The van der Waals surface area contributed by atoms with Gasteiger partial charge in [-0.05, 0) is 46.1 Å². The Balaban J connectivity index is 1.86. The third kappa shape index (κ3) is 3.96. The van der Waals surface area contributed by atoms with Crippen molar-refractivity contribution in [3.63, 3.8) is 0 Å². The minimum atomic E-state index is 0.710. The van der Waals surface area contributed by atoms with Gasteiger partial charge in [0.15, 0.2) is 0 Å². The van der Waals surface area contributed by atoms with Crippen LogP contribution in [0.3, 0.4) is 0 Å². The van der Waals surface area contributed by atoms with Crippen LogP contribution in [0.25, 0.3) is 0 Å². The molecule has 0 bridgehead atoms. The van der Waals surface area contributed by atoms with Crippen LogP contribution in [-0.2, 0) is 0 Å². The Morgan fingerprint density at radius 3 is 2.29 bits per heavy atom. The predicted octanol–water partition coefficient (Wildman–Crippen LogP) is 3.17. The monoisotopic (exact) mass is 238 g/mol. The van der Waals surface area contributed by atoms with Gasteiger partial charge in [0.05, 0.1) is 0 Å². The van der Waals surface area contributed by atoms with Crippen molar-refractivity contribution in [2.45, 2.75) is 83.3 Å². The standard InChI is InChI=1S/C15H30N2/c1-13(2)17(15-9-4-3-5-10-15)12-14-8-6-7-11-16-14/h13-16H,3-12H2,1-2H3. The van der Waals surface area contributed by atoms with Crippen molar-refractivity contribution in [3.05, 3.63) is 0 Å². The van der Waals surface area contributed by atoms with E-state index in [4.69, 9.17) is 0 Å². The van der Waals surface area contributed by atoms with E-state index in [1.54, 1.807) is 0 Å². The predicted molar refractivity (Wildman–Crippen MR) is 74.4 cm³/mol. The van der Waals surface area contributed by atoms with Crippen molar-refractivity contribution in [1.82, 2.24) is 10.2 Å². The molecule has 1 atom stereocenters. The molecule has 2 nitrogen and oxygen atoms in total. The molecule has 1 aliphatic heterocycles. The molecule has 2 fully saturated rings. The van der Waals surface area contributed by atoms with Gasteiger partial charge in [0.1, 0.15) is 0 Å². The van der Waals surface area contributed by atoms with E-state index in [0.717, 1.165) is 12.1 Å². The summed E-state index contributed by atoms with van der Waals surface area (Å²) in [6.07, 6.45) is 11.4. The van der Waals surface area contributed by atoms with Crippen LogP contribution in [0.15, 0.2) is 0 Å². The molecule has 0 radical (unpaired) electrons. The molecular formula is C15H30N2. The second-order valence-electron chi connectivity index (χ2n) is 6.23. The normalized spacial score (nSPS) is 27.9. The molecule has 0 aromatic rings. The van der Waals surface area contributed by atoms with E-state index in [9.17, 15) is 0 Å². The van der Waals surface area contributed by atoms with E-state index in [0.29, 0.717) is 6.04 Å².